The quantitative estimate of drug-likeness (QED) is 0.787. The maximum absolute atomic E-state index is 8.80. The van der Waals surface area contributed by atoms with Gasteiger partial charge in [-0.3, -0.25) is 0 Å². The first-order valence-corrected chi connectivity index (χ1v) is 4.69. The van der Waals surface area contributed by atoms with Gasteiger partial charge in [-0.2, -0.15) is 5.10 Å². The zero-order valence-corrected chi connectivity index (χ0v) is 8.47. The van der Waals surface area contributed by atoms with Gasteiger partial charge in [-0.1, -0.05) is 0 Å². The highest BCUT2D eigenvalue weighted by molar-refractivity contribution is 5.64. The number of nitrogen functional groups attached to an aromatic ring is 1. The van der Waals surface area contributed by atoms with E-state index in [1.807, 2.05) is 6.92 Å². The Bertz CT molecular complexity index is 459. The molecule has 0 aliphatic carbocycles. The molecule has 0 radical (unpaired) electrons. The second-order valence-electron chi connectivity index (χ2n) is 3.37. The molecule has 0 spiro atoms. The third-order valence-electron chi connectivity index (χ3n) is 2.25. The summed E-state index contributed by atoms with van der Waals surface area (Å²) in [5.74, 6) is 0.541. The molecule has 0 bridgehead atoms. The van der Waals surface area contributed by atoms with Crippen molar-refractivity contribution in [1.82, 2.24) is 9.78 Å². The number of rotatable bonds is 3. The first kappa shape index (κ1) is 9.79. The summed E-state index contributed by atoms with van der Waals surface area (Å²) >= 11 is 0. The van der Waals surface area contributed by atoms with E-state index in [0.717, 1.165) is 16.8 Å². The Morgan fingerprint density at radius 3 is 2.93 bits per heavy atom. The molecule has 2 aromatic rings. The lowest BCUT2D eigenvalue weighted by atomic mass is 10.1. The van der Waals surface area contributed by atoms with Crippen molar-refractivity contribution >= 4 is 5.82 Å². The zero-order valence-electron chi connectivity index (χ0n) is 8.47. The zero-order chi connectivity index (χ0) is 10.8. The van der Waals surface area contributed by atoms with E-state index in [1.54, 1.807) is 23.3 Å². The molecule has 0 saturated carbocycles. The van der Waals surface area contributed by atoms with Crippen molar-refractivity contribution in [3.63, 3.8) is 0 Å². The van der Waals surface area contributed by atoms with Crippen LogP contribution in [0, 0.1) is 6.92 Å². The maximum atomic E-state index is 8.80. The van der Waals surface area contributed by atoms with Crippen LogP contribution in [0.15, 0.2) is 23.0 Å². The number of hydrogen-bond donors (Lipinski definition) is 2. The summed E-state index contributed by atoms with van der Waals surface area (Å²) in [5.41, 5.74) is 8.46. The van der Waals surface area contributed by atoms with Gasteiger partial charge in [0.1, 0.15) is 5.82 Å². The van der Waals surface area contributed by atoms with Crippen LogP contribution >= 0.6 is 0 Å². The van der Waals surface area contributed by atoms with Gasteiger partial charge in [0.05, 0.1) is 31.4 Å². The molecule has 2 heterocycles. The third kappa shape index (κ3) is 1.73. The standard InChI is InChI=1S/C10H13N3O2/c1-7-5-15-6-8(7)9-4-10(11)13(12-9)2-3-14/h4-6,14H,2-3,11H2,1H3. The first-order valence-electron chi connectivity index (χ1n) is 4.69. The largest absolute Gasteiger partial charge is 0.472 e. The highest BCUT2D eigenvalue weighted by Crippen LogP contribution is 2.24. The molecule has 0 unspecified atom stereocenters. The summed E-state index contributed by atoms with van der Waals surface area (Å²) in [7, 11) is 0. The molecule has 2 rings (SSSR count). The van der Waals surface area contributed by atoms with Crippen LogP contribution in [0.5, 0.6) is 0 Å². The monoisotopic (exact) mass is 207 g/mol. The van der Waals surface area contributed by atoms with Crippen LogP contribution in [0.3, 0.4) is 0 Å². The van der Waals surface area contributed by atoms with Crippen molar-refractivity contribution in [2.45, 2.75) is 13.5 Å². The normalized spacial score (nSPS) is 10.8. The Morgan fingerprint density at radius 2 is 2.33 bits per heavy atom. The molecule has 0 saturated heterocycles. The van der Waals surface area contributed by atoms with Crippen molar-refractivity contribution in [1.29, 1.82) is 0 Å². The fourth-order valence-corrected chi connectivity index (χ4v) is 1.46. The van der Waals surface area contributed by atoms with Gasteiger partial charge in [-0.25, -0.2) is 4.68 Å². The van der Waals surface area contributed by atoms with Crippen molar-refractivity contribution < 1.29 is 9.52 Å². The minimum atomic E-state index is 0.0235. The summed E-state index contributed by atoms with van der Waals surface area (Å²) in [4.78, 5) is 0. The van der Waals surface area contributed by atoms with Crippen LogP contribution in [0.25, 0.3) is 11.3 Å². The lowest BCUT2D eigenvalue weighted by Crippen LogP contribution is -2.07. The molecule has 0 aromatic carbocycles. The lowest BCUT2D eigenvalue weighted by Gasteiger charge is -1.98. The number of aliphatic hydroxyl groups excluding tert-OH is 1. The van der Waals surface area contributed by atoms with E-state index in [0.29, 0.717) is 12.4 Å². The van der Waals surface area contributed by atoms with E-state index in [1.165, 1.54) is 0 Å². The molecule has 0 amide bonds. The fraction of sp³-hybridized carbons (Fsp3) is 0.300. The highest BCUT2D eigenvalue weighted by Gasteiger charge is 2.10. The Morgan fingerprint density at radius 1 is 1.53 bits per heavy atom. The van der Waals surface area contributed by atoms with Gasteiger partial charge in [0.25, 0.3) is 0 Å². The molecule has 0 atom stereocenters. The molecule has 0 fully saturated rings. The molecule has 2 aromatic heterocycles. The first-order chi connectivity index (χ1) is 7.22. The van der Waals surface area contributed by atoms with Gasteiger partial charge in [0.15, 0.2) is 0 Å². The Hall–Kier alpha value is -1.75. The number of furan rings is 1. The number of aromatic nitrogens is 2. The average Bonchev–Trinajstić information content (AvgIpc) is 2.75. The van der Waals surface area contributed by atoms with Gasteiger partial charge in [-0.15, -0.1) is 0 Å². The fourth-order valence-electron chi connectivity index (χ4n) is 1.46. The minimum Gasteiger partial charge on any atom is -0.472 e. The van der Waals surface area contributed by atoms with Crippen LogP contribution in [0.1, 0.15) is 5.56 Å². The summed E-state index contributed by atoms with van der Waals surface area (Å²) in [5, 5.41) is 13.1. The summed E-state index contributed by atoms with van der Waals surface area (Å²) in [6, 6.07) is 1.77. The number of aliphatic hydroxyl groups is 1. The van der Waals surface area contributed by atoms with E-state index in [4.69, 9.17) is 15.3 Å². The summed E-state index contributed by atoms with van der Waals surface area (Å²) < 4.78 is 6.64. The van der Waals surface area contributed by atoms with E-state index in [-0.39, 0.29) is 6.61 Å². The smallest absolute Gasteiger partial charge is 0.122 e. The SMILES string of the molecule is Cc1cocc1-c1cc(N)n(CCO)n1. The minimum absolute atomic E-state index is 0.0235. The van der Waals surface area contributed by atoms with Crippen LogP contribution < -0.4 is 5.73 Å². The number of aryl methyl sites for hydroxylation is 1. The summed E-state index contributed by atoms with van der Waals surface area (Å²) in [6.07, 6.45) is 3.30. The van der Waals surface area contributed by atoms with E-state index in [2.05, 4.69) is 5.10 Å². The Balaban J connectivity index is 2.38. The average molecular weight is 207 g/mol. The van der Waals surface area contributed by atoms with Gasteiger partial charge in [0.2, 0.25) is 0 Å². The van der Waals surface area contributed by atoms with Crippen LogP contribution in [-0.4, -0.2) is 21.5 Å². The molecule has 15 heavy (non-hydrogen) atoms. The Labute approximate surface area is 87.1 Å². The topological polar surface area (TPSA) is 77.2 Å². The number of hydrogen-bond acceptors (Lipinski definition) is 4. The van der Waals surface area contributed by atoms with Crippen LogP contribution in [-0.2, 0) is 6.54 Å². The number of nitrogens with two attached hydrogens (primary N) is 1. The van der Waals surface area contributed by atoms with Crippen LogP contribution in [0.2, 0.25) is 0 Å². The van der Waals surface area contributed by atoms with E-state index in [9.17, 15) is 0 Å². The molecule has 5 heteroatoms. The van der Waals surface area contributed by atoms with Crippen molar-refractivity contribution in [2.24, 2.45) is 0 Å². The van der Waals surface area contributed by atoms with Crippen molar-refractivity contribution in [3.05, 3.63) is 24.2 Å². The van der Waals surface area contributed by atoms with Gasteiger partial charge in [0, 0.05) is 11.6 Å². The van der Waals surface area contributed by atoms with E-state index < -0.39 is 0 Å². The van der Waals surface area contributed by atoms with Gasteiger partial charge in [-0.05, 0) is 12.5 Å². The maximum Gasteiger partial charge on any atom is 0.122 e. The predicted octanol–water partition coefficient (Wildman–Crippen LogP) is 1.03. The van der Waals surface area contributed by atoms with Crippen molar-refractivity contribution in [2.75, 3.05) is 12.3 Å². The summed E-state index contributed by atoms with van der Waals surface area (Å²) in [6.45, 7) is 2.37. The van der Waals surface area contributed by atoms with Crippen molar-refractivity contribution in [3.8, 4) is 11.3 Å². The third-order valence-corrected chi connectivity index (χ3v) is 2.25. The van der Waals surface area contributed by atoms with Crippen LogP contribution in [0.4, 0.5) is 5.82 Å². The molecule has 3 N–H and O–H groups in total. The second-order valence-corrected chi connectivity index (χ2v) is 3.37. The van der Waals surface area contributed by atoms with Gasteiger partial charge < -0.3 is 15.3 Å². The molecular weight excluding hydrogens is 194 g/mol. The molecule has 0 aliphatic rings. The van der Waals surface area contributed by atoms with Gasteiger partial charge >= 0.3 is 0 Å². The molecule has 80 valence electrons. The number of nitrogens with zero attached hydrogens (tertiary/aromatic N) is 2. The predicted molar refractivity (Wildman–Crippen MR) is 56.2 cm³/mol. The molecule has 0 aliphatic heterocycles. The second kappa shape index (κ2) is 3.78. The highest BCUT2D eigenvalue weighted by atomic mass is 16.3. The molecular formula is C10H13N3O2. The Kier molecular flexibility index (Phi) is 2.47. The lowest BCUT2D eigenvalue weighted by molar-refractivity contribution is 0.270. The molecule has 5 nitrogen and oxygen atoms in total. The van der Waals surface area contributed by atoms with E-state index >= 15 is 0 Å². The number of anilines is 1.